The van der Waals surface area contributed by atoms with Crippen molar-refractivity contribution in [3.8, 4) is 0 Å². The van der Waals surface area contributed by atoms with Gasteiger partial charge in [0.05, 0.1) is 18.1 Å². The van der Waals surface area contributed by atoms with Gasteiger partial charge >= 0.3 is 0 Å². The SMILES string of the molecule is CN1CCC(C2CCN(C(=O)[C@@](C)(NC(=O)c3cc4ccc(Cl)cc4s3)N3CCOCC3)CC2)CC1. The number of rotatable bonds is 5. The fourth-order valence-corrected chi connectivity index (χ4v) is 7.29. The van der Waals surface area contributed by atoms with Crippen LogP contribution in [0.1, 0.15) is 42.3 Å². The number of hydrogen-bond donors (Lipinski definition) is 1. The summed E-state index contributed by atoms with van der Waals surface area (Å²) in [6.07, 6.45) is 4.61. The van der Waals surface area contributed by atoms with E-state index < -0.39 is 5.66 Å². The highest BCUT2D eigenvalue weighted by Gasteiger charge is 2.45. The maximum absolute atomic E-state index is 14.0. The summed E-state index contributed by atoms with van der Waals surface area (Å²) in [5.74, 6) is 1.22. The monoisotopic (exact) mass is 532 g/mol. The third-order valence-electron chi connectivity index (χ3n) is 8.38. The van der Waals surface area contributed by atoms with Crippen molar-refractivity contribution >= 4 is 44.8 Å². The Balaban J connectivity index is 1.30. The molecule has 196 valence electrons. The van der Waals surface area contributed by atoms with Crippen LogP contribution in [-0.2, 0) is 9.53 Å². The van der Waals surface area contributed by atoms with Crippen molar-refractivity contribution in [1.82, 2.24) is 20.0 Å². The third-order valence-corrected chi connectivity index (χ3v) is 9.71. The van der Waals surface area contributed by atoms with E-state index in [9.17, 15) is 9.59 Å². The fraction of sp³-hybridized carbons (Fsp3) is 0.630. The van der Waals surface area contributed by atoms with Crippen LogP contribution in [0.15, 0.2) is 24.3 Å². The maximum Gasteiger partial charge on any atom is 0.263 e. The Morgan fingerprint density at radius 2 is 1.64 bits per heavy atom. The summed E-state index contributed by atoms with van der Waals surface area (Å²) in [7, 11) is 2.20. The Labute approximate surface area is 222 Å². The summed E-state index contributed by atoms with van der Waals surface area (Å²) in [5.41, 5.74) is -1.12. The minimum absolute atomic E-state index is 0.0104. The average molecular weight is 533 g/mol. The Morgan fingerprint density at radius 3 is 2.31 bits per heavy atom. The number of fused-ring (bicyclic) bond motifs is 1. The van der Waals surface area contributed by atoms with Crippen LogP contribution in [-0.4, -0.2) is 91.7 Å². The molecule has 36 heavy (non-hydrogen) atoms. The topological polar surface area (TPSA) is 65.1 Å². The lowest BCUT2D eigenvalue weighted by Crippen LogP contribution is -2.69. The molecular weight excluding hydrogens is 496 g/mol. The number of likely N-dealkylation sites (tertiary alicyclic amines) is 2. The van der Waals surface area contributed by atoms with Gasteiger partial charge in [0, 0.05) is 35.9 Å². The van der Waals surface area contributed by atoms with Crippen LogP contribution >= 0.6 is 22.9 Å². The van der Waals surface area contributed by atoms with Crippen LogP contribution < -0.4 is 5.32 Å². The van der Waals surface area contributed by atoms with Gasteiger partial charge in [0.25, 0.3) is 11.8 Å². The van der Waals surface area contributed by atoms with Crippen molar-refractivity contribution in [1.29, 1.82) is 0 Å². The molecule has 0 radical (unpaired) electrons. The molecule has 1 aromatic carbocycles. The molecule has 0 aliphatic carbocycles. The van der Waals surface area contributed by atoms with Crippen LogP contribution in [0.4, 0.5) is 0 Å². The molecule has 3 aliphatic rings. The molecule has 2 aromatic rings. The second kappa shape index (κ2) is 11.0. The molecule has 4 heterocycles. The molecule has 3 fully saturated rings. The summed E-state index contributed by atoms with van der Waals surface area (Å²) in [6.45, 7) is 8.06. The van der Waals surface area contributed by atoms with E-state index >= 15 is 0 Å². The van der Waals surface area contributed by atoms with Gasteiger partial charge in [0.1, 0.15) is 0 Å². The molecular formula is C27H37ClN4O3S. The summed E-state index contributed by atoms with van der Waals surface area (Å²) in [5, 5.41) is 4.77. The van der Waals surface area contributed by atoms with Crippen molar-refractivity contribution in [2.75, 3.05) is 59.5 Å². The third kappa shape index (κ3) is 5.43. The van der Waals surface area contributed by atoms with Crippen LogP contribution in [0.2, 0.25) is 5.02 Å². The highest BCUT2D eigenvalue weighted by Crippen LogP contribution is 2.34. The number of carbonyl (C=O) groups is 2. The summed E-state index contributed by atoms with van der Waals surface area (Å²) in [6, 6.07) is 7.50. The van der Waals surface area contributed by atoms with Crippen molar-refractivity contribution in [2.24, 2.45) is 11.8 Å². The lowest BCUT2D eigenvalue weighted by atomic mass is 9.78. The molecule has 1 aromatic heterocycles. The highest BCUT2D eigenvalue weighted by atomic mass is 35.5. The molecule has 0 saturated carbocycles. The van der Waals surface area contributed by atoms with Gasteiger partial charge in [-0.2, -0.15) is 0 Å². The number of nitrogens with zero attached hydrogens (tertiary/aromatic N) is 3. The van der Waals surface area contributed by atoms with E-state index in [2.05, 4.69) is 22.2 Å². The summed E-state index contributed by atoms with van der Waals surface area (Å²) in [4.78, 5) is 34.5. The lowest BCUT2D eigenvalue weighted by Gasteiger charge is -2.46. The van der Waals surface area contributed by atoms with E-state index in [4.69, 9.17) is 16.3 Å². The molecule has 9 heteroatoms. The Bertz CT molecular complexity index is 1090. The van der Waals surface area contributed by atoms with E-state index in [1.807, 2.05) is 36.1 Å². The van der Waals surface area contributed by atoms with Gasteiger partial charge < -0.3 is 19.9 Å². The van der Waals surface area contributed by atoms with Gasteiger partial charge in [0.2, 0.25) is 0 Å². The zero-order valence-corrected chi connectivity index (χ0v) is 22.9. The summed E-state index contributed by atoms with van der Waals surface area (Å²) < 4.78 is 6.52. The van der Waals surface area contributed by atoms with Crippen molar-refractivity contribution in [3.63, 3.8) is 0 Å². The van der Waals surface area contributed by atoms with Gasteiger partial charge in [0.15, 0.2) is 5.66 Å². The molecule has 7 nitrogen and oxygen atoms in total. The number of carbonyl (C=O) groups excluding carboxylic acids is 2. The van der Waals surface area contributed by atoms with Crippen LogP contribution in [0.5, 0.6) is 0 Å². The number of morpholine rings is 1. The number of ether oxygens (including phenoxy) is 1. The van der Waals surface area contributed by atoms with Gasteiger partial charge in [-0.1, -0.05) is 17.7 Å². The van der Waals surface area contributed by atoms with Crippen LogP contribution in [0.25, 0.3) is 10.1 Å². The minimum atomic E-state index is -1.12. The molecule has 1 atom stereocenters. The van der Waals surface area contributed by atoms with Crippen LogP contribution in [0, 0.1) is 11.8 Å². The number of piperidine rings is 2. The predicted octanol–water partition coefficient (Wildman–Crippen LogP) is 3.91. The first-order valence-corrected chi connectivity index (χ1v) is 14.4. The number of benzene rings is 1. The lowest BCUT2D eigenvalue weighted by molar-refractivity contribution is -0.150. The number of amides is 2. The number of nitrogens with one attached hydrogen (secondary N) is 1. The van der Waals surface area contributed by atoms with E-state index in [1.165, 1.54) is 37.3 Å². The molecule has 0 bridgehead atoms. The van der Waals surface area contributed by atoms with Crippen molar-refractivity contribution < 1.29 is 14.3 Å². The normalized spacial score (nSPS) is 23.0. The van der Waals surface area contributed by atoms with Crippen molar-refractivity contribution in [3.05, 3.63) is 34.2 Å². The Morgan fingerprint density at radius 1 is 1.00 bits per heavy atom. The molecule has 3 saturated heterocycles. The van der Waals surface area contributed by atoms with E-state index in [0.717, 1.165) is 41.9 Å². The first kappa shape index (κ1) is 25.9. The number of halogens is 1. The van der Waals surface area contributed by atoms with Gasteiger partial charge in [-0.3, -0.25) is 14.5 Å². The minimum Gasteiger partial charge on any atom is -0.379 e. The van der Waals surface area contributed by atoms with E-state index in [1.54, 1.807) is 0 Å². The first-order chi connectivity index (χ1) is 17.3. The van der Waals surface area contributed by atoms with E-state index in [-0.39, 0.29) is 11.8 Å². The molecule has 0 spiro atoms. The highest BCUT2D eigenvalue weighted by molar-refractivity contribution is 7.20. The number of thiophene rings is 1. The molecule has 0 unspecified atom stereocenters. The zero-order chi connectivity index (χ0) is 25.3. The van der Waals surface area contributed by atoms with Crippen LogP contribution in [0.3, 0.4) is 0 Å². The zero-order valence-electron chi connectivity index (χ0n) is 21.3. The Hall–Kier alpha value is -1.71. The molecule has 3 aliphatic heterocycles. The molecule has 2 amide bonds. The smallest absolute Gasteiger partial charge is 0.263 e. The summed E-state index contributed by atoms with van der Waals surface area (Å²) >= 11 is 7.55. The molecule has 5 rings (SSSR count). The fourth-order valence-electron chi connectivity index (χ4n) is 6.06. The standard InChI is InChI=1S/C27H37ClN4O3S/c1-27(32-13-15-35-16-14-32,29-25(33)24-17-21-3-4-22(28)18-23(21)36-24)26(34)31-11-7-20(8-12-31)19-5-9-30(2)10-6-19/h3-4,17-20H,5-16H2,1-2H3,(H,29,33)/t27-/m0/s1. The largest absolute Gasteiger partial charge is 0.379 e. The number of hydrogen-bond acceptors (Lipinski definition) is 6. The van der Waals surface area contributed by atoms with E-state index in [0.29, 0.717) is 42.1 Å². The first-order valence-electron chi connectivity index (χ1n) is 13.2. The Kier molecular flexibility index (Phi) is 7.89. The van der Waals surface area contributed by atoms with Gasteiger partial charge in [-0.25, -0.2) is 0 Å². The quantitative estimate of drug-likeness (QED) is 0.632. The second-order valence-electron chi connectivity index (χ2n) is 10.7. The van der Waals surface area contributed by atoms with Gasteiger partial charge in [-0.05, 0) is 88.2 Å². The second-order valence-corrected chi connectivity index (χ2v) is 12.2. The average Bonchev–Trinajstić information content (AvgIpc) is 3.33. The molecule has 1 N–H and O–H groups in total. The van der Waals surface area contributed by atoms with Gasteiger partial charge in [-0.15, -0.1) is 11.3 Å². The predicted molar refractivity (Wildman–Crippen MR) is 145 cm³/mol. The van der Waals surface area contributed by atoms with Crippen molar-refractivity contribution in [2.45, 2.75) is 38.3 Å². The maximum atomic E-state index is 14.0.